The fourth-order valence-electron chi connectivity index (χ4n) is 1.14. The van der Waals surface area contributed by atoms with Gasteiger partial charge in [0.2, 0.25) is 10.0 Å². The first-order valence-corrected chi connectivity index (χ1v) is 7.45. The van der Waals surface area contributed by atoms with E-state index in [1.165, 1.54) is 12.1 Å². The third-order valence-corrected chi connectivity index (χ3v) is 4.20. The molecular formula is C10H12F3NO2S2. The fraction of sp³-hybridized carbons (Fsp3) is 0.400. The average molecular weight is 299 g/mol. The van der Waals surface area contributed by atoms with E-state index in [1.807, 2.05) is 6.92 Å². The summed E-state index contributed by atoms with van der Waals surface area (Å²) in [5, 5.41) is 0. The van der Waals surface area contributed by atoms with E-state index in [2.05, 4.69) is 4.72 Å². The molecule has 0 atom stereocenters. The van der Waals surface area contributed by atoms with Gasteiger partial charge in [-0.1, -0.05) is 17.7 Å². The van der Waals surface area contributed by atoms with Gasteiger partial charge >= 0.3 is 5.51 Å². The Morgan fingerprint density at radius 1 is 1.22 bits per heavy atom. The minimum absolute atomic E-state index is 0.0464. The molecular weight excluding hydrogens is 287 g/mol. The molecule has 0 aliphatic rings. The molecule has 0 aliphatic heterocycles. The Bertz CT molecular complexity index is 483. The summed E-state index contributed by atoms with van der Waals surface area (Å²) in [6.45, 7) is 1.55. The second-order valence-electron chi connectivity index (χ2n) is 3.51. The summed E-state index contributed by atoms with van der Waals surface area (Å²) in [4.78, 5) is 0.0464. The summed E-state index contributed by atoms with van der Waals surface area (Å²) in [5.41, 5.74) is -3.43. The molecule has 0 heterocycles. The fourth-order valence-corrected chi connectivity index (χ4v) is 2.74. The normalized spacial score (nSPS) is 12.7. The predicted molar refractivity (Wildman–Crippen MR) is 64.9 cm³/mol. The zero-order valence-electron chi connectivity index (χ0n) is 9.49. The summed E-state index contributed by atoms with van der Waals surface area (Å²) in [7, 11) is -3.73. The Morgan fingerprint density at radius 2 is 1.78 bits per heavy atom. The molecule has 0 amide bonds. The molecule has 3 nitrogen and oxygen atoms in total. The van der Waals surface area contributed by atoms with Crippen LogP contribution in [0.5, 0.6) is 0 Å². The van der Waals surface area contributed by atoms with Gasteiger partial charge in [0.1, 0.15) is 0 Å². The lowest BCUT2D eigenvalue weighted by Crippen LogP contribution is -2.26. The molecule has 1 rings (SSSR count). The van der Waals surface area contributed by atoms with Crippen LogP contribution in [-0.2, 0) is 10.0 Å². The van der Waals surface area contributed by atoms with Crippen LogP contribution in [0.3, 0.4) is 0 Å². The van der Waals surface area contributed by atoms with Crippen molar-refractivity contribution in [2.75, 3.05) is 12.3 Å². The maximum atomic E-state index is 11.8. The Balaban J connectivity index is 2.53. The van der Waals surface area contributed by atoms with E-state index < -0.39 is 15.5 Å². The van der Waals surface area contributed by atoms with Gasteiger partial charge < -0.3 is 0 Å². The molecule has 0 saturated carbocycles. The van der Waals surface area contributed by atoms with Gasteiger partial charge in [0.15, 0.2) is 0 Å². The number of sulfonamides is 1. The number of hydrogen-bond acceptors (Lipinski definition) is 3. The molecule has 0 saturated heterocycles. The van der Waals surface area contributed by atoms with E-state index in [1.54, 1.807) is 12.1 Å². The highest BCUT2D eigenvalue weighted by atomic mass is 32.2. The maximum Gasteiger partial charge on any atom is 0.441 e. The van der Waals surface area contributed by atoms with Gasteiger partial charge in [0.05, 0.1) is 4.90 Å². The molecule has 0 aliphatic carbocycles. The van der Waals surface area contributed by atoms with Gasteiger partial charge in [0, 0.05) is 12.3 Å². The van der Waals surface area contributed by atoms with Crippen molar-refractivity contribution in [3.8, 4) is 0 Å². The number of alkyl halides is 3. The molecule has 1 aromatic carbocycles. The van der Waals surface area contributed by atoms with Crippen molar-refractivity contribution in [3.63, 3.8) is 0 Å². The summed E-state index contributed by atoms with van der Waals surface area (Å²) < 4.78 is 60.9. The van der Waals surface area contributed by atoms with Crippen molar-refractivity contribution in [1.82, 2.24) is 4.72 Å². The topological polar surface area (TPSA) is 46.2 Å². The van der Waals surface area contributed by atoms with Crippen LogP contribution in [0.15, 0.2) is 29.2 Å². The van der Waals surface area contributed by atoms with Crippen molar-refractivity contribution in [2.24, 2.45) is 0 Å². The quantitative estimate of drug-likeness (QED) is 0.850. The summed E-state index contributed by atoms with van der Waals surface area (Å²) in [5.74, 6) is -0.353. The lowest BCUT2D eigenvalue weighted by molar-refractivity contribution is -0.0327. The highest BCUT2D eigenvalue weighted by Crippen LogP contribution is 2.29. The lowest BCUT2D eigenvalue weighted by atomic mass is 10.2. The van der Waals surface area contributed by atoms with Gasteiger partial charge in [-0.25, -0.2) is 13.1 Å². The van der Waals surface area contributed by atoms with E-state index in [9.17, 15) is 21.6 Å². The smallest absolute Gasteiger partial charge is 0.210 e. The number of aryl methyl sites for hydroxylation is 1. The number of halogens is 3. The molecule has 8 heteroatoms. The Kier molecular flexibility index (Phi) is 5.06. The average Bonchev–Trinajstić information content (AvgIpc) is 2.24. The van der Waals surface area contributed by atoms with Crippen molar-refractivity contribution < 1.29 is 21.6 Å². The molecule has 1 N–H and O–H groups in total. The summed E-state index contributed by atoms with van der Waals surface area (Å²) in [6, 6.07) is 6.07. The zero-order valence-corrected chi connectivity index (χ0v) is 11.1. The van der Waals surface area contributed by atoms with Crippen molar-refractivity contribution in [2.45, 2.75) is 17.3 Å². The SMILES string of the molecule is Cc1ccc(S(=O)(=O)NCCSC(F)(F)F)cc1. The molecule has 0 radical (unpaired) electrons. The van der Waals surface area contributed by atoms with Crippen LogP contribution in [-0.4, -0.2) is 26.2 Å². The van der Waals surface area contributed by atoms with Gasteiger partial charge in [0.25, 0.3) is 0 Å². The van der Waals surface area contributed by atoms with Crippen LogP contribution < -0.4 is 4.72 Å². The molecule has 1 aromatic rings. The lowest BCUT2D eigenvalue weighted by Gasteiger charge is -2.08. The van der Waals surface area contributed by atoms with Gasteiger partial charge in [-0.15, -0.1) is 0 Å². The summed E-state index contributed by atoms with van der Waals surface area (Å²) >= 11 is -0.255. The van der Waals surface area contributed by atoms with Crippen LogP contribution in [0.1, 0.15) is 5.56 Å². The van der Waals surface area contributed by atoms with Crippen LogP contribution in [0.4, 0.5) is 13.2 Å². The maximum absolute atomic E-state index is 11.8. The molecule has 0 bridgehead atoms. The molecule has 102 valence electrons. The molecule has 0 fully saturated rings. The number of thioether (sulfide) groups is 1. The largest absolute Gasteiger partial charge is 0.441 e. The second kappa shape index (κ2) is 5.94. The zero-order chi connectivity index (χ0) is 13.8. The highest BCUT2D eigenvalue weighted by Gasteiger charge is 2.27. The Labute approximate surface area is 108 Å². The van der Waals surface area contributed by atoms with E-state index >= 15 is 0 Å². The third kappa shape index (κ3) is 5.28. The number of hydrogen-bond donors (Lipinski definition) is 1. The van der Waals surface area contributed by atoms with E-state index in [0.717, 1.165) is 5.56 Å². The van der Waals surface area contributed by atoms with Crippen molar-refractivity contribution >= 4 is 21.8 Å². The van der Waals surface area contributed by atoms with Crippen LogP contribution >= 0.6 is 11.8 Å². The first-order chi connectivity index (χ1) is 8.21. The Morgan fingerprint density at radius 3 is 2.28 bits per heavy atom. The second-order valence-corrected chi connectivity index (χ2v) is 6.43. The molecule has 18 heavy (non-hydrogen) atoms. The minimum atomic E-state index is -4.34. The van der Waals surface area contributed by atoms with E-state index in [4.69, 9.17) is 0 Å². The predicted octanol–water partition coefficient (Wildman–Crippen LogP) is 2.53. The minimum Gasteiger partial charge on any atom is -0.210 e. The van der Waals surface area contributed by atoms with Gasteiger partial charge in [-0.3, -0.25) is 0 Å². The molecule has 0 unspecified atom stereocenters. The van der Waals surface area contributed by atoms with Crippen LogP contribution in [0.25, 0.3) is 0 Å². The third-order valence-electron chi connectivity index (χ3n) is 1.99. The number of benzene rings is 1. The first-order valence-electron chi connectivity index (χ1n) is 4.98. The molecule has 0 spiro atoms. The van der Waals surface area contributed by atoms with E-state index in [-0.39, 0.29) is 29.0 Å². The van der Waals surface area contributed by atoms with Crippen molar-refractivity contribution in [3.05, 3.63) is 29.8 Å². The monoisotopic (exact) mass is 299 g/mol. The van der Waals surface area contributed by atoms with Gasteiger partial charge in [-0.2, -0.15) is 13.2 Å². The standard InChI is InChI=1S/C10H12F3NO2S2/c1-8-2-4-9(5-3-8)18(15,16)14-6-7-17-10(11,12)13/h2-5,14H,6-7H2,1H3. The summed E-state index contributed by atoms with van der Waals surface area (Å²) in [6.07, 6.45) is 0. The van der Waals surface area contributed by atoms with Gasteiger partial charge in [-0.05, 0) is 30.8 Å². The van der Waals surface area contributed by atoms with E-state index in [0.29, 0.717) is 0 Å². The molecule has 0 aromatic heterocycles. The first kappa shape index (κ1) is 15.3. The number of rotatable bonds is 5. The highest BCUT2D eigenvalue weighted by molar-refractivity contribution is 8.00. The number of nitrogens with one attached hydrogen (secondary N) is 1. The Hall–Kier alpha value is -0.730. The van der Waals surface area contributed by atoms with Crippen molar-refractivity contribution in [1.29, 1.82) is 0 Å². The van der Waals surface area contributed by atoms with Crippen LogP contribution in [0.2, 0.25) is 0 Å². The van der Waals surface area contributed by atoms with Crippen LogP contribution in [0, 0.1) is 6.92 Å².